The van der Waals surface area contributed by atoms with E-state index in [0.29, 0.717) is 31.1 Å². The van der Waals surface area contributed by atoms with Crippen molar-refractivity contribution in [1.82, 2.24) is 14.6 Å². The molecule has 1 aromatic heterocycles. The van der Waals surface area contributed by atoms with Crippen LogP contribution in [0.1, 0.15) is 27.9 Å². The Kier molecular flexibility index (Phi) is 6.23. The van der Waals surface area contributed by atoms with E-state index < -0.39 is 10.0 Å². The summed E-state index contributed by atoms with van der Waals surface area (Å²) in [6.45, 7) is 1.74. The van der Waals surface area contributed by atoms with Crippen LogP contribution in [0.15, 0.2) is 48.8 Å². The number of benzene rings is 1. The van der Waals surface area contributed by atoms with Gasteiger partial charge in [-0.1, -0.05) is 18.2 Å². The third kappa shape index (κ3) is 5.61. The number of pyridine rings is 1. The van der Waals surface area contributed by atoms with Gasteiger partial charge in [-0.15, -0.1) is 0 Å². The summed E-state index contributed by atoms with van der Waals surface area (Å²) in [6, 6.07) is 11.4. The van der Waals surface area contributed by atoms with Crippen molar-refractivity contribution in [3.05, 3.63) is 65.5 Å². The molecule has 7 heteroatoms. The zero-order valence-corrected chi connectivity index (χ0v) is 16.3. The number of sulfonamides is 1. The molecular formula is C20H25N3O3S. The van der Waals surface area contributed by atoms with Crippen LogP contribution in [0.2, 0.25) is 0 Å². The molecule has 1 unspecified atom stereocenters. The average Bonchev–Trinajstić information content (AvgIpc) is 3.12. The van der Waals surface area contributed by atoms with Crippen LogP contribution in [0, 0.1) is 5.92 Å². The molecule has 1 atom stereocenters. The minimum atomic E-state index is -3.10. The minimum absolute atomic E-state index is 0.0884. The van der Waals surface area contributed by atoms with Crippen molar-refractivity contribution < 1.29 is 13.2 Å². The van der Waals surface area contributed by atoms with Gasteiger partial charge in [0, 0.05) is 37.6 Å². The summed E-state index contributed by atoms with van der Waals surface area (Å²) in [5.41, 5.74) is 2.85. The Balaban J connectivity index is 1.47. The van der Waals surface area contributed by atoms with Gasteiger partial charge >= 0.3 is 0 Å². The van der Waals surface area contributed by atoms with E-state index in [1.54, 1.807) is 16.7 Å². The van der Waals surface area contributed by atoms with Crippen molar-refractivity contribution in [2.24, 2.45) is 5.92 Å². The summed E-state index contributed by atoms with van der Waals surface area (Å²) in [5, 5.41) is 2.92. The number of amides is 1. The van der Waals surface area contributed by atoms with Gasteiger partial charge in [-0.2, -0.15) is 0 Å². The number of carbonyl (C=O) groups excluding carboxylic acids is 1. The van der Waals surface area contributed by atoms with E-state index in [0.717, 1.165) is 30.4 Å². The third-order valence-corrected chi connectivity index (χ3v) is 6.15. The fourth-order valence-corrected chi connectivity index (χ4v) is 4.28. The highest BCUT2D eigenvalue weighted by molar-refractivity contribution is 7.88. The van der Waals surface area contributed by atoms with Gasteiger partial charge in [0.2, 0.25) is 10.0 Å². The van der Waals surface area contributed by atoms with Crippen LogP contribution in [0.5, 0.6) is 0 Å². The molecule has 0 spiro atoms. The minimum Gasteiger partial charge on any atom is -0.352 e. The van der Waals surface area contributed by atoms with Crippen molar-refractivity contribution >= 4 is 15.9 Å². The molecule has 144 valence electrons. The first-order valence-corrected chi connectivity index (χ1v) is 11.0. The van der Waals surface area contributed by atoms with Crippen molar-refractivity contribution in [1.29, 1.82) is 0 Å². The monoisotopic (exact) mass is 387 g/mol. The number of hydrogen-bond donors (Lipinski definition) is 1. The van der Waals surface area contributed by atoms with Crippen molar-refractivity contribution in [3.63, 3.8) is 0 Å². The highest BCUT2D eigenvalue weighted by Crippen LogP contribution is 2.22. The van der Waals surface area contributed by atoms with Gasteiger partial charge in [0.05, 0.1) is 6.26 Å². The van der Waals surface area contributed by atoms with Crippen molar-refractivity contribution in [2.75, 3.05) is 25.9 Å². The summed E-state index contributed by atoms with van der Waals surface area (Å²) in [6.07, 6.45) is 7.24. The first-order chi connectivity index (χ1) is 12.9. The molecule has 2 heterocycles. The SMILES string of the molecule is CS(=O)(=O)N1CCC(Cc2ccc(C(=O)NCCc3cccnc3)cc2)C1. The second-order valence-corrected chi connectivity index (χ2v) is 9.03. The molecule has 0 bridgehead atoms. The molecule has 1 aliphatic heterocycles. The van der Waals surface area contributed by atoms with Crippen molar-refractivity contribution in [3.8, 4) is 0 Å². The first kappa shape index (κ1) is 19.5. The molecular weight excluding hydrogens is 362 g/mol. The summed E-state index contributed by atoms with van der Waals surface area (Å²) in [4.78, 5) is 16.3. The summed E-state index contributed by atoms with van der Waals surface area (Å²) < 4.78 is 24.8. The Morgan fingerprint density at radius 3 is 2.63 bits per heavy atom. The first-order valence-electron chi connectivity index (χ1n) is 9.13. The molecule has 0 saturated carbocycles. The van der Waals surface area contributed by atoms with Gasteiger partial charge in [0.1, 0.15) is 0 Å². The van der Waals surface area contributed by atoms with Gasteiger partial charge in [-0.25, -0.2) is 12.7 Å². The smallest absolute Gasteiger partial charge is 0.251 e. The van der Waals surface area contributed by atoms with Gasteiger partial charge in [-0.3, -0.25) is 9.78 Å². The Labute approximate surface area is 160 Å². The Bertz CT molecular complexity index is 867. The Morgan fingerprint density at radius 2 is 2.00 bits per heavy atom. The van der Waals surface area contributed by atoms with Crippen LogP contribution in [0.25, 0.3) is 0 Å². The molecule has 1 fully saturated rings. The van der Waals surface area contributed by atoms with E-state index >= 15 is 0 Å². The molecule has 27 heavy (non-hydrogen) atoms. The predicted octanol–water partition coefficient (Wildman–Crippen LogP) is 1.88. The molecule has 1 N–H and O–H groups in total. The molecule has 6 nitrogen and oxygen atoms in total. The summed E-state index contributed by atoms with van der Waals surface area (Å²) in [5.74, 6) is 0.244. The highest BCUT2D eigenvalue weighted by atomic mass is 32.2. The normalized spacial score (nSPS) is 17.7. The number of hydrogen-bond acceptors (Lipinski definition) is 4. The second-order valence-electron chi connectivity index (χ2n) is 7.04. The predicted molar refractivity (Wildman–Crippen MR) is 105 cm³/mol. The van der Waals surface area contributed by atoms with Crippen LogP contribution in [0.4, 0.5) is 0 Å². The quantitative estimate of drug-likeness (QED) is 0.787. The molecule has 0 radical (unpaired) electrons. The largest absolute Gasteiger partial charge is 0.352 e. The molecule has 3 rings (SSSR count). The van der Waals surface area contributed by atoms with E-state index in [2.05, 4.69) is 10.3 Å². The highest BCUT2D eigenvalue weighted by Gasteiger charge is 2.28. The number of aromatic nitrogens is 1. The van der Waals surface area contributed by atoms with E-state index in [1.807, 2.05) is 36.4 Å². The lowest BCUT2D eigenvalue weighted by atomic mass is 9.98. The molecule has 1 saturated heterocycles. The summed E-state index contributed by atoms with van der Waals surface area (Å²) in [7, 11) is -3.10. The summed E-state index contributed by atoms with van der Waals surface area (Å²) >= 11 is 0. The van der Waals surface area contributed by atoms with Gasteiger partial charge in [-0.05, 0) is 54.5 Å². The van der Waals surface area contributed by atoms with Gasteiger partial charge < -0.3 is 5.32 Å². The maximum atomic E-state index is 12.2. The average molecular weight is 388 g/mol. The maximum Gasteiger partial charge on any atom is 0.251 e. The van der Waals surface area contributed by atoms with Crippen LogP contribution >= 0.6 is 0 Å². The van der Waals surface area contributed by atoms with E-state index in [9.17, 15) is 13.2 Å². The van der Waals surface area contributed by atoms with Crippen molar-refractivity contribution in [2.45, 2.75) is 19.3 Å². The zero-order chi connectivity index (χ0) is 19.3. The molecule has 1 aliphatic rings. The fourth-order valence-electron chi connectivity index (χ4n) is 3.36. The molecule has 2 aromatic rings. The van der Waals surface area contributed by atoms with E-state index in [4.69, 9.17) is 0 Å². The lowest BCUT2D eigenvalue weighted by Crippen LogP contribution is -2.27. The number of carbonyl (C=O) groups is 1. The Hall–Kier alpha value is -2.25. The number of nitrogens with zero attached hydrogens (tertiary/aromatic N) is 2. The van der Waals surface area contributed by atoms with Crippen LogP contribution in [0.3, 0.4) is 0 Å². The van der Waals surface area contributed by atoms with Crippen LogP contribution in [-0.2, 0) is 22.9 Å². The zero-order valence-electron chi connectivity index (χ0n) is 15.5. The number of rotatable bonds is 7. The van der Waals surface area contributed by atoms with E-state index in [-0.39, 0.29) is 5.91 Å². The standard InChI is InChI=1S/C20H25N3O3S/c1-27(25,26)23-12-9-18(15-23)13-16-4-6-19(7-5-16)20(24)22-11-8-17-3-2-10-21-14-17/h2-7,10,14,18H,8-9,11-13,15H2,1H3,(H,22,24). The van der Waals surface area contributed by atoms with Gasteiger partial charge in [0.15, 0.2) is 0 Å². The second kappa shape index (κ2) is 8.63. The molecule has 1 aromatic carbocycles. The molecule has 1 amide bonds. The molecule has 0 aliphatic carbocycles. The Morgan fingerprint density at radius 1 is 1.22 bits per heavy atom. The van der Waals surface area contributed by atoms with Crippen LogP contribution < -0.4 is 5.32 Å². The third-order valence-electron chi connectivity index (χ3n) is 4.88. The lowest BCUT2D eigenvalue weighted by molar-refractivity contribution is 0.0954. The topological polar surface area (TPSA) is 79.4 Å². The maximum absolute atomic E-state index is 12.2. The van der Waals surface area contributed by atoms with Crippen LogP contribution in [-0.4, -0.2) is 49.5 Å². The fraction of sp³-hybridized carbons (Fsp3) is 0.400. The lowest BCUT2D eigenvalue weighted by Gasteiger charge is -2.13. The number of nitrogens with one attached hydrogen (secondary N) is 1. The van der Waals surface area contributed by atoms with Gasteiger partial charge in [0.25, 0.3) is 5.91 Å². The van der Waals surface area contributed by atoms with E-state index in [1.165, 1.54) is 6.26 Å².